The number of β-amino-alcohol motifs (C(OH)–C–C–N with tert-alkyl or cyclic N) is 1. The van der Waals surface area contributed by atoms with E-state index in [1.165, 1.54) is 37.1 Å². The van der Waals surface area contributed by atoms with Gasteiger partial charge >= 0.3 is 0 Å². The molecule has 6 heteroatoms. The Morgan fingerprint density at radius 1 is 1.17 bits per heavy atom. The van der Waals surface area contributed by atoms with E-state index in [4.69, 9.17) is 4.74 Å². The molecule has 5 nitrogen and oxygen atoms in total. The first-order chi connectivity index (χ1) is 11.5. The van der Waals surface area contributed by atoms with Crippen LogP contribution in [0.2, 0.25) is 0 Å². The zero-order valence-corrected chi connectivity index (χ0v) is 13.9. The monoisotopic (exact) mass is 336 g/mol. The van der Waals surface area contributed by atoms with Gasteiger partial charge in [0.05, 0.1) is 12.1 Å². The summed E-state index contributed by atoms with van der Waals surface area (Å²) in [5.74, 6) is -0.00959. The molecule has 1 N–H and O–H groups in total. The van der Waals surface area contributed by atoms with Gasteiger partial charge in [0.25, 0.3) is 5.91 Å². The van der Waals surface area contributed by atoms with Crippen LogP contribution in [0.5, 0.6) is 5.75 Å². The maximum absolute atomic E-state index is 12.9. The Morgan fingerprint density at radius 3 is 2.58 bits per heavy atom. The van der Waals surface area contributed by atoms with Gasteiger partial charge < -0.3 is 19.6 Å². The Hall–Kier alpha value is -1.66. The Balaban J connectivity index is 1.51. The van der Waals surface area contributed by atoms with Crippen molar-refractivity contribution in [1.29, 1.82) is 0 Å². The summed E-state index contributed by atoms with van der Waals surface area (Å²) in [7, 11) is 0. The minimum absolute atomic E-state index is 0.0918. The van der Waals surface area contributed by atoms with Gasteiger partial charge in [-0.1, -0.05) is 0 Å². The summed E-state index contributed by atoms with van der Waals surface area (Å²) in [4.78, 5) is 16.3. The summed E-state index contributed by atoms with van der Waals surface area (Å²) in [6.07, 6.45) is 3.90. The molecule has 0 saturated carbocycles. The number of piperidine rings is 1. The SMILES string of the molecule is O=C(COc1ccc(F)cc1)N1CCC[C@](O)(CN2CCCC2)C1. The van der Waals surface area contributed by atoms with Crippen molar-refractivity contribution in [3.05, 3.63) is 30.1 Å². The largest absolute Gasteiger partial charge is 0.484 e. The molecule has 0 aliphatic carbocycles. The van der Waals surface area contributed by atoms with Crippen LogP contribution in [0.1, 0.15) is 25.7 Å². The Kier molecular flexibility index (Phi) is 5.36. The lowest BCUT2D eigenvalue weighted by molar-refractivity contribution is -0.141. The highest BCUT2D eigenvalue weighted by atomic mass is 19.1. The molecule has 2 saturated heterocycles. The van der Waals surface area contributed by atoms with E-state index in [1.807, 2.05) is 0 Å². The Bertz CT molecular complexity index is 560. The van der Waals surface area contributed by atoms with E-state index in [0.717, 1.165) is 25.9 Å². The molecule has 2 aliphatic heterocycles. The van der Waals surface area contributed by atoms with Gasteiger partial charge in [-0.15, -0.1) is 0 Å². The highest BCUT2D eigenvalue weighted by Crippen LogP contribution is 2.24. The zero-order valence-electron chi connectivity index (χ0n) is 13.9. The third kappa shape index (κ3) is 4.45. The average molecular weight is 336 g/mol. The van der Waals surface area contributed by atoms with Crippen molar-refractivity contribution in [2.24, 2.45) is 0 Å². The van der Waals surface area contributed by atoms with Gasteiger partial charge in [0, 0.05) is 13.1 Å². The summed E-state index contributed by atoms with van der Waals surface area (Å²) in [5, 5.41) is 10.8. The standard InChI is InChI=1S/C18H25FN2O3/c19-15-4-6-16(7-5-15)24-12-17(22)21-11-3-8-18(23,14-21)13-20-9-1-2-10-20/h4-7,23H,1-3,8-14H2/t18-/m0/s1. The van der Waals surface area contributed by atoms with E-state index in [1.54, 1.807) is 4.90 Å². The van der Waals surface area contributed by atoms with Crippen LogP contribution in [-0.2, 0) is 4.79 Å². The van der Waals surface area contributed by atoms with E-state index >= 15 is 0 Å². The number of hydrogen-bond donors (Lipinski definition) is 1. The maximum atomic E-state index is 12.9. The molecule has 0 radical (unpaired) electrons. The van der Waals surface area contributed by atoms with E-state index in [2.05, 4.69) is 4.90 Å². The van der Waals surface area contributed by atoms with Crippen molar-refractivity contribution in [1.82, 2.24) is 9.80 Å². The predicted octanol–water partition coefficient (Wildman–Crippen LogP) is 1.65. The van der Waals surface area contributed by atoms with Crippen molar-refractivity contribution >= 4 is 5.91 Å². The van der Waals surface area contributed by atoms with Gasteiger partial charge in [0.15, 0.2) is 6.61 Å². The first-order valence-electron chi connectivity index (χ1n) is 8.65. The van der Waals surface area contributed by atoms with Crippen LogP contribution in [-0.4, -0.2) is 65.7 Å². The summed E-state index contributed by atoms with van der Waals surface area (Å²) < 4.78 is 18.3. The molecule has 0 bridgehead atoms. The smallest absolute Gasteiger partial charge is 0.260 e. The van der Waals surface area contributed by atoms with Crippen LogP contribution in [0.15, 0.2) is 24.3 Å². The van der Waals surface area contributed by atoms with Crippen molar-refractivity contribution < 1.29 is 19.0 Å². The Labute approximate surface area is 142 Å². The maximum Gasteiger partial charge on any atom is 0.260 e. The predicted molar refractivity (Wildman–Crippen MR) is 88.3 cm³/mol. The number of rotatable bonds is 5. The van der Waals surface area contributed by atoms with Crippen LogP contribution in [0, 0.1) is 5.82 Å². The Morgan fingerprint density at radius 2 is 1.88 bits per heavy atom. The molecule has 24 heavy (non-hydrogen) atoms. The number of ether oxygens (including phenoxy) is 1. The minimum Gasteiger partial charge on any atom is -0.484 e. The van der Waals surface area contributed by atoms with Gasteiger partial charge in [-0.25, -0.2) is 4.39 Å². The van der Waals surface area contributed by atoms with Crippen LogP contribution in [0.25, 0.3) is 0 Å². The lowest BCUT2D eigenvalue weighted by atomic mass is 9.92. The fourth-order valence-electron chi connectivity index (χ4n) is 3.58. The number of halogens is 1. The number of benzene rings is 1. The van der Waals surface area contributed by atoms with E-state index in [0.29, 0.717) is 25.4 Å². The lowest BCUT2D eigenvalue weighted by Gasteiger charge is -2.41. The van der Waals surface area contributed by atoms with Crippen LogP contribution in [0.3, 0.4) is 0 Å². The third-order valence-corrected chi connectivity index (χ3v) is 4.80. The molecule has 132 valence electrons. The highest BCUT2D eigenvalue weighted by molar-refractivity contribution is 5.78. The van der Waals surface area contributed by atoms with Gasteiger partial charge in [-0.05, 0) is 63.0 Å². The van der Waals surface area contributed by atoms with E-state index in [9.17, 15) is 14.3 Å². The van der Waals surface area contributed by atoms with Gasteiger partial charge in [0.2, 0.25) is 0 Å². The molecule has 3 rings (SSSR count). The van der Waals surface area contributed by atoms with Crippen molar-refractivity contribution in [3.63, 3.8) is 0 Å². The molecule has 2 heterocycles. The van der Waals surface area contributed by atoms with E-state index in [-0.39, 0.29) is 18.3 Å². The van der Waals surface area contributed by atoms with E-state index < -0.39 is 5.60 Å². The fraction of sp³-hybridized carbons (Fsp3) is 0.611. The molecule has 2 fully saturated rings. The number of carbonyl (C=O) groups is 1. The molecular formula is C18H25FN2O3. The number of aliphatic hydroxyl groups is 1. The molecule has 0 aromatic heterocycles. The second-order valence-corrected chi connectivity index (χ2v) is 6.87. The zero-order chi connectivity index (χ0) is 17.0. The average Bonchev–Trinajstić information content (AvgIpc) is 3.06. The van der Waals surface area contributed by atoms with Crippen LogP contribution < -0.4 is 4.74 Å². The van der Waals surface area contributed by atoms with Gasteiger partial charge in [-0.3, -0.25) is 4.79 Å². The third-order valence-electron chi connectivity index (χ3n) is 4.80. The van der Waals surface area contributed by atoms with Crippen molar-refractivity contribution in [3.8, 4) is 5.75 Å². The van der Waals surface area contributed by atoms with Gasteiger partial charge in [-0.2, -0.15) is 0 Å². The highest BCUT2D eigenvalue weighted by Gasteiger charge is 2.37. The number of nitrogens with zero attached hydrogens (tertiary/aromatic N) is 2. The first kappa shape index (κ1) is 17.2. The quantitative estimate of drug-likeness (QED) is 0.888. The topological polar surface area (TPSA) is 53.0 Å². The number of amides is 1. The second-order valence-electron chi connectivity index (χ2n) is 6.87. The second kappa shape index (κ2) is 7.49. The molecular weight excluding hydrogens is 311 g/mol. The molecule has 1 aromatic rings. The molecule has 1 aromatic carbocycles. The molecule has 0 unspecified atom stereocenters. The molecule has 1 amide bonds. The minimum atomic E-state index is -0.825. The molecule has 2 aliphatic rings. The molecule has 0 spiro atoms. The molecule has 1 atom stereocenters. The number of carbonyl (C=O) groups excluding carboxylic acids is 1. The summed E-state index contributed by atoms with van der Waals surface area (Å²) in [6, 6.07) is 5.61. The summed E-state index contributed by atoms with van der Waals surface area (Å²) >= 11 is 0. The van der Waals surface area contributed by atoms with Crippen molar-refractivity contribution in [2.45, 2.75) is 31.3 Å². The fourth-order valence-corrected chi connectivity index (χ4v) is 3.58. The number of hydrogen-bond acceptors (Lipinski definition) is 4. The lowest BCUT2D eigenvalue weighted by Crippen LogP contribution is -2.56. The summed E-state index contributed by atoms with van der Waals surface area (Å²) in [6.45, 7) is 3.61. The van der Waals surface area contributed by atoms with Gasteiger partial charge in [0.1, 0.15) is 11.6 Å². The first-order valence-corrected chi connectivity index (χ1v) is 8.65. The summed E-state index contributed by atoms with van der Waals surface area (Å²) in [5.41, 5.74) is -0.825. The van der Waals surface area contributed by atoms with Crippen LogP contribution in [0.4, 0.5) is 4.39 Å². The van der Waals surface area contributed by atoms with Crippen LogP contribution >= 0.6 is 0 Å². The van der Waals surface area contributed by atoms with Crippen molar-refractivity contribution in [2.75, 3.05) is 39.3 Å². The number of likely N-dealkylation sites (tertiary alicyclic amines) is 2. The normalized spacial score (nSPS) is 25.0.